The first-order valence-electron chi connectivity index (χ1n) is 5.65. The van der Waals surface area contributed by atoms with Gasteiger partial charge in [-0.25, -0.2) is 0 Å². The standard InChI is InChI=1S/C13H13N3OS/c1-10(18)15(11-5-3-2-4-6-11)9-13(17)16-8-12(16)7-14/h2-6,12H,8-9H2,1H3. The second-order valence-corrected chi connectivity index (χ2v) is 4.72. The Hall–Kier alpha value is -1.93. The lowest BCUT2D eigenvalue weighted by Gasteiger charge is -2.22. The predicted octanol–water partition coefficient (Wildman–Crippen LogP) is 1.57. The minimum absolute atomic E-state index is 0.0606. The average molecular weight is 259 g/mol. The lowest BCUT2D eigenvalue weighted by atomic mass is 10.3. The van der Waals surface area contributed by atoms with Gasteiger partial charge >= 0.3 is 0 Å². The summed E-state index contributed by atoms with van der Waals surface area (Å²) in [6, 6.07) is 11.4. The van der Waals surface area contributed by atoms with Crippen LogP contribution in [0.3, 0.4) is 0 Å². The topological polar surface area (TPSA) is 47.1 Å². The number of rotatable bonds is 3. The van der Waals surface area contributed by atoms with E-state index in [-0.39, 0.29) is 18.5 Å². The Balaban J connectivity index is 2.07. The first-order chi connectivity index (χ1) is 8.63. The summed E-state index contributed by atoms with van der Waals surface area (Å²) in [5, 5.41) is 8.70. The van der Waals surface area contributed by atoms with Gasteiger partial charge in [0, 0.05) is 5.69 Å². The number of nitrogens with zero attached hydrogens (tertiary/aromatic N) is 3. The van der Waals surface area contributed by atoms with Crippen LogP contribution in [0.1, 0.15) is 6.92 Å². The number of para-hydroxylation sites is 1. The molecule has 0 N–H and O–H groups in total. The van der Waals surface area contributed by atoms with E-state index in [1.165, 1.54) is 0 Å². The fourth-order valence-corrected chi connectivity index (χ4v) is 1.91. The summed E-state index contributed by atoms with van der Waals surface area (Å²) in [4.78, 5) is 15.9. The zero-order valence-corrected chi connectivity index (χ0v) is 10.9. The Kier molecular flexibility index (Phi) is 3.58. The van der Waals surface area contributed by atoms with Gasteiger partial charge in [0.25, 0.3) is 0 Å². The van der Waals surface area contributed by atoms with Crippen molar-refractivity contribution in [3.63, 3.8) is 0 Å². The van der Waals surface area contributed by atoms with Crippen molar-refractivity contribution in [1.82, 2.24) is 4.90 Å². The molecule has 1 amide bonds. The zero-order valence-electron chi connectivity index (χ0n) is 10.0. The van der Waals surface area contributed by atoms with Crippen LogP contribution in [0.2, 0.25) is 0 Å². The maximum Gasteiger partial charge on any atom is 0.243 e. The van der Waals surface area contributed by atoms with E-state index in [4.69, 9.17) is 17.5 Å². The van der Waals surface area contributed by atoms with E-state index >= 15 is 0 Å². The number of carbonyl (C=O) groups excluding carboxylic acids is 1. The van der Waals surface area contributed by atoms with Crippen LogP contribution in [-0.4, -0.2) is 34.9 Å². The van der Waals surface area contributed by atoms with Crippen molar-refractivity contribution in [2.75, 3.05) is 18.0 Å². The third-order valence-electron chi connectivity index (χ3n) is 2.82. The summed E-state index contributed by atoms with van der Waals surface area (Å²) in [6.45, 7) is 2.52. The van der Waals surface area contributed by atoms with Crippen LogP contribution in [0.4, 0.5) is 5.69 Å². The van der Waals surface area contributed by atoms with Gasteiger partial charge in [0.15, 0.2) is 0 Å². The van der Waals surface area contributed by atoms with Crippen molar-refractivity contribution < 1.29 is 4.79 Å². The highest BCUT2D eigenvalue weighted by Crippen LogP contribution is 2.19. The molecule has 0 bridgehead atoms. The molecule has 1 saturated heterocycles. The summed E-state index contributed by atoms with van der Waals surface area (Å²) in [5.74, 6) is -0.0606. The Morgan fingerprint density at radius 3 is 2.72 bits per heavy atom. The highest BCUT2D eigenvalue weighted by Gasteiger charge is 2.38. The normalized spacial score (nSPS) is 16.9. The fourth-order valence-electron chi connectivity index (χ4n) is 1.74. The van der Waals surface area contributed by atoms with Crippen molar-refractivity contribution in [2.24, 2.45) is 0 Å². The molecule has 92 valence electrons. The number of anilines is 1. The van der Waals surface area contributed by atoms with Gasteiger partial charge in [-0.15, -0.1) is 0 Å². The number of benzene rings is 1. The second kappa shape index (κ2) is 5.15. The molecule has 0 radical (unpaired) electrons. The summed E-state index contributed by atoms with van der Waals surface area (Å²) in [7, 11) is 0. The van der Waals surface area contributed by atoms with E-state index in [1.807, 2.05) is 30.3 Å². The highest BCUT2D eigenvalue weighted by molar-refractivity contribution is 7.80. The van der Waals surface area contributed by atoms with E-state index in [0.717, 1.165) is 5.69 Å². The first-order valence-corrected chi connectivity index (χ1v) is 6.06. The summed E-state index contributed by atoms with van der Waals surface area (Å²) < 4.78 is 0. The van der Waals surface area contributed by atoms with Gasteiger partial charge < -0.3 is 9.80 Å². The van der Waals surface area contributed by atoms with Gasteiger partial charge in [0.05, 0.1) is 17.6 Å². The van der Waals surface area contributed by atoms with Crippen LogP contribution in [-0.2, 0) is 4.79 Å². The Bertz CT molecular complexity index is 509. The van der Waals surface area contributed by atoms with Gasteiger partial charge in [-0.3, -0.25) is 4.79 Å². The van der Waals surface area contributed by atoms with Crippen LogP contribution in [0.5, 0.6) is 0 Å². The number of thiocarbonyl (C=S) groups is 1. The molecule has 4 nitrogen and oxygen atoms in total. The number of nitriles is 1. The molecule has 1 atom stereocenters. The molecule has 2 rings (SSSR count). The van der Waals surface area contributed by atoms with E-state index in [0.29, 0.717) is 11.5 Å². The monoisotopic (exact) mass is 259 g/mol. The molecule has 1 unspecified atom stereocenters. The number of amides is 1. The quantitative estimate of drug-likeness (QED) is 0.610. The molecule has 0 aromatic heterocycles. The van der Waals surface area contributed by atoms with Gasteiger partial charge in [0.1, 0.15) is 12.6 Å². The number of hydrogen-bond donors (Lipinski definition) is 0. The highest BCUT2D eigenvalue weighted by atomic mass is 32.1. The van der Waals surface area contributed by atoms with E-state index in [1.54, 1.807) is 16.7 Å². The number of carbonyl (C=O) groups is 1. The third-order valence-corrected chi connectivity index (χ3v) is 3.04. The third kappa shape index (κ3) is 2.66. The molecule has 1 fully saturated rings. The van der Waals surface area contributed by atoms with Crippen LogP contribution in [0.25, 0.3) is 0 Å². The molecule has 1 aromatic carbocycles. The van der Waals surface area contributed by atoms with E-state index in [2.05, 4.69) is 6.07 Å². The van der Waals surface area contributed by atoms with Crippen LogP contribution in [0.15, 0.2) is 30.3 Å². The maximum atomic E-state index is 11.9. The van der Waals surface area contributed by atoms with Crippen molar-refractivity contribution in [2.45, 2.75) is 13.0 Å². The Morgan fingerprint density at radius 1 is 1.56 bits per heavy atom. The molecule has 0 saturated carbocycles. The van der Waals surface area contributed by atoms with Crippen LogP contribution < -0.4 is 4.90 Å². The van der Waals surface area contributed by atoms with Gasteiger partial charge in [0.2, 0.25) is 5.91 Å². The number of hydrogen-bond acceptors (Lipinski definition) is 3. The second-order valence-electron chi connectivity index (χ2n) is 4.13. The maximum absolute atomic E-state index is 11.9. The molecule has 18 heavy (non-hydrogen) atoms. The Labute approximate surface area is 111 Å². The van der Waals surface area contributed by atoms with Crippen LogP contribution >= 0.6 is 12.2 Å². The molecular weight excluding hydrogens is 246 g/mol. The molecular formula is C13H13N3OS. The lowest BCUT2D eigenvalue weighted by molar-refractivity contribution is -0.124. The largest absolute Gasteiger partial charge is 0.327 e. The average Bonchev–Trinajstić information content (AvgIpc) is 3.16. The summed E-state index contributed by atoms with van der Waals surface area (Å²) in [6.07, 6.45) is 0. The lowest BCUT2D eigenvalue weighted by Crippen LogP contribution is -2.36. The van der Waals surface area contributed by atoms with E-state index in [9.17, 15) is 4.79 Å². The van der Waals surface area contributed by atoms with Crippen molar-refractivity contribution in [1.29, 1.82) is 5.26 Å². The minimum Gasteiger partial charge on any atom is -0.327 e. The molecule has 1 aliphatic heterocycles. The molecule has 0 aliphatic carbocycles. The van der Waals surface area contributed by atoms with Gasteiger partial charge in [-0.1, -0.05) is 30.4 Å². The molecule has 1 heterocycles. The van der Waals surface area contributed by atoms with Crippen molar-refractivity contribution >= 4 is 28.8 Å². The first kappa shape index (κ1) is 12.5. The zero-order chi connectivity index (χ0) is 13.1. The van der Waals surface area contributed by atoms with Gasteiger partial charge in [-0.05, 0) is 19.1 Å². The van der Waals surface area contributed by atoms with Gasteiger partial charge in [-0.2, -0.15) is 5.26 Å². The minimum atomic E-state index is -0.249. The Morgan fingerprint density at radius 2 is 2.22 bits per heavy atom. The SMILES string of the molecule is CC(=S)N(CC(=O)N1CC1C#N)c1ccccc1. The summed E-state index contributed by atoms with van der Waals surface area (Å²) in [5.41, 5.74) is 0.897. The van der Waals surface area contributed by atoms with E-state index < -0.39 is 0 Å². The smallest absolute Gasteiger partial charge is 0.243 e. The summed E-state index contributed by atoms with van der Waals surface area (Å²) >= 11 is 5.17. The van der Waals surface area contributed by atoms with Crippen LogP contribution in [0, 0.1) is 11.3 Å². The molecule has 1 aliphatic rings. The fraction of sp³-hybridized carbons (Fsp3) is 0.308. The molecule has 1 aromatic rings. The molecule has 0 spiro atoms. The predicted molar refractivity (Wildman–Crippen MR) is 73.2 cm³/mol. The van der Waals surface area contributed by atoms with Crippen molar-refractivity contribution in [3.8, 4) is 6.07 Å². The van der Waals surface area contributed by atoms with Crippen molar-refractivity contribution in [3.05, 3.63) is 30.3 Å². The molecule has 5 heteroatoms.